The van der Waals surface area contributed by atoms with E-state index < -0.39 is 5.60 Å². The van der Waals surface area contributed by atoms with Crippen molar-refractivity contribution in [2.45, 2.75) is 25.9 Å². The van der Waals surface area contributed by atoms with Crippen LogP contribution < -0.4 is 11.5 Å². The third-order valence-electron chi connectivity index (χ3n) is 2.60. The molecule has 104 valence electrons. The second-order valence-electron chi connectivity index (χ2n) is 4.69. The lowest BCUT2D eigenvalue weighted by molar-refractivity contribution is -0.117. The van der Waals surface area contributed by atoms with Gasteiger partial charge in [0, 0.05) is 17.2 Å². The van der Waals surface area contributed by atoms with Crippen molar-refractivity contribution in [3.63, 3.8) is 0 Å². The van der Waals surface area contributed by atoms with E-state index in [0.717, 1.165) is 16.0 Å². The van der Waals surface area contributed by atoms with Gasteiger partial charge >= 0.3 is 0 Å². The van der Waals surface area contributed by atoms with Gasteiger partial charge in [-0.15, -0.1) is 11.8 Å². The van der Waals surface area contributed by atoms with Crippen molar-refractivity contribution >= 4 is 22.6 Å². The van der Waals surface area contributed by atoms with Crippen LogP contribution in [0.1, 0.15) is 31.4 Å². The highest BCUT2D eigenvalue weighted by Gasteiger charge is 2.15. The Morgan fingerprint density at radius 3 is 2.37 bits per heavy atom. The van der Waals surface area contributed by atoms with Gasteiger partial charge in [-0.1, -0.05) is 30.3 Å². The van der Waals surface area contributed by atoms with Crippen LogP contribution in [0.3, 0.4) is 0 Å². The van der Waals surface area contributed by atoms with Crippen molar-refractivity contribution in [3.05, 3.63) is 41.5 Å². The highest BCUT2D eigenvalue weighted by molar-refractivity contribution is 8.08. The number of hydrogen-bond acceptors (Lipinski definition) is 4. The molecule has 0 heterocycles. The minimum Gasteiger partial charge on any atom is -0.386 e. The van der Waals surface area contributed by atoms with E-state index in [1.54, 1.807) is 19.9 Å². The first-order valence-electron chi connectivity index (χ1n) is 5.99. The summed E-state index contributed by atoms with van der Waals surface area (Å²) in [7, 11) is 0. The van der Waals surface area contributed by atoms with Gasteiger partial charge in [0.05, 0.1) is 5.60 Å². The Labute approximate surface area is 117 Å². The smallest absolute Gasteiger partial charge is 0.221 e. The van der Waals surface area contributed by atoms with E-state index >= 15 is 0 Å². The van der Waals surface area contributed by atoms with E-state index in [2.05, 4.69) is 0 Å². The Hall–Kier alpha value is -1.30. The molecule has 0 saturated carbocycles. The summed E-state index contributed by atoms with van der Waals surface area (Å²) in [4.78, 5) is 11.7. The lowest BCUT2D eigenvalue weighted by atomic mass is 9.97. The quantitative estimate of drug-likeness (QED) is 0.693. The number of hydrogen-bond donors (Lipinski definition) is 3. The van der Waals surface area contributed by atoms with Crippen molar-refractivity contribution in [3.8, 4) is 0 Å². The molecule has 0 unspecified atom stereocenters. The third-order valence-corrected chi connectivity index (χ3v) is 3.48. The van der Waals surface area contributed by atoms with Crippen LogP contribution in [-0.4, -0.2) is 16.9 Å². The molecule has 0 saturated heterocycles. The molecular weight excluding hydrogens is 260 g/mol. The number of thioether (sulfide) groups is 1. The third kappa shape index (κ3) is 5.06. The lowest BCUT2D eigenvalue weighted by Gasteiger charge is -2.18. The molecule has 0 bridgehead atoms. The Morgan fingerprint density at radius 2 is 1.95 bits per heavy atom. The molecule has 0 atom stereocenters. The van der Waals surface area contributed by atoms with Gasteiger partial charge in [-0.05, 0) is 25.0 Å². The number of nitrogens with two attached hydrogens (primary N) is 2. The monoisotopic (exact) mass is 280 g/mol. The predicted molar refractivity (Wildman–Crippen MR) is 80.1 cm³/mol. The van der Waals surface area contributed by atoms with Crippen LogP contribution in [0.25, 0.3) is 4.91 Å². The molecule has 5 N–H and O–H groups in total. The molecule has 0 aliphatic heterocycles. The number of carbonyl (C=O) groups is 1. The summed E-state index contributed by atoms with van der Waals surface area (Å²) in [6, 6.07) is 7.54. The van der Waals surface area contributed by atoms with Crippen molar-refractivity contribution in [1.82, 2.24) is 0 Å². The van der Waals surface area contributed by atoms with Gasteiger partial charge in [0.25, 0.3) is 0 Å². The molecule has 0 fully saturated rings. The Bertz CT molecular complexity index is 461. The van der Waals surface area contributed by atoms with Gasteiger partial charge in [-0.2, -0.15) is 0 Å². The lowest BCUT2D eigenvalue weighted by Crippen LogP contribution is -2.15. The van der Waals surface area contributed by atoms with Crippen LogP contribution in [-0.2, 0) is 10.4 Å². The topological polar surface area (TPSA) is 89.3 Å². The molecule has 0 aromatic heterocycles. The molecular formula is C14H20N2O2S. The fourth-order valence-corrected chi connectivity index (χ4v) is 2.27. The average molecular weight is 280 g/mol. The zero-order valence-electron chi connectivity index (χ0n) is 11.2. The molecule has 0 aliphatic carbocycles. The van der Waals surface area contributed by atoms with Gasteiger partial charge in [0.1, 0.15) is 0 Å². The van der Waals surface area contributed by atoms with Crippen molar-refractivity contribution in [1.29, 1.82) is 0 Å². The second-order valence-corrected chi connectivity index (χ2v) is 5.75. The van der Waals surface area contributed by atoms with E-state index in [-0.39, 0.29) is 12.3 Å². The summed E-state index contributed by atoms with van der Waals surface area (Å²) >= 11 is 1.45. The van der Waals surface area contributed by atoms with E-state index in [9.17, 15) is 9.90 Å². The van der Waals surface area contributed by atoms with Crippen LogP contribution in [0.2, 0.25) is 0 Å². The average Bonchev–Trinajstić information content (AvgIpc) is 2.33. The fourth-order valence-electron chi connectivity index (χ4n) is 1.59. The summed E-state index contributed by atoms with van der Waals surface area (Å²) in [5.41, 5.74) is 11.6. The molecule has 1 aromatic rings. The van der Waals surface area contributed by atoms with Gasteiger partial charge < -0.3 is 16.6 Å². The molecule has 4 nitrogen and oxygen atoms in total. The summed E-state index contributed by atoms with van der Waals surface area (Å²) in [5, 5.41) is 9.90. The molecule has 19 heavy (non-hydrogen) atoms. The molecule has 1 amide bonds. The highest BCUT2D eigenvalue weighted by Crippen LogP contribution is 2.29. The number of amides is 1. The van der Waals surface area contributed by atoms with E-state index in [4.69, 9.17) is 11.5 Å². The highest BCUT2D eigenvalue weighted by atomic mass is 32.2. The molecule has 0 radical (unpaired) electrons. The largest absolute Gasteiger partial charge is 0.386 e. The predicted octanol–water partition coefficient (Wildman–Crippen LogP) is 1.78. The zero-order chi connectivity index (χ0) is 14.5. The second kappa shape index (κ2) is 6.75. The van der Waals surface area contributed by atoms with E-state index in [1.807, 2.05) is 24.3 Å². The van der Waals surface area contributed by atoms with Crippen LogP contribution in [0.5, 0.6) is 0 Å². The van der Waals surface area contributed by atoms with Crippen molar-refractivity contribution < 1.29 is 9.90 Å². The molecule has 0 aliphatic rings. The minimum atomic E-state index is -0.864. The van der Waals surface area contributed by atoms with Gasteiger partial charge in [-0.3, -0.25) is 4.79 Å². The Balaban J connectivity index is 2.98. The maximum Gasteiger partial charge on any atom is 0.221 e. The SMILES string of the molecule is CC(C)(O)c1ccc(/C(=C/CC(N)=O)SCN)cc1. The number of primary amides is 1. The number of rotatable bonds is 6. The Morgan fingerprint density at radius 1 is 1.37 bits per heavy atom. The molecule has 1 aromatic carbocycles. The summed E-state index contributed by atoms with van der Waals surface area (Å²) < 4.78 is 0. The fraction of sp³-hybridized carbons (Fsp3) is 0.357. The van der Waals surface area contributed by atoms with Crippen LogP contribution in [0.15, 0.2) is 30.3 Å². The van der Waals surface area contributed by atoms with Crippen molar-refractivity contribution in [2.24, 2.45) is 11.5 Å². The summed E-state index contributed by atoms with van der Waals surface area (Å²) in [5.74, 6) is 0.0564. The van der Waals surface area contributed by atoms with Crippen LogP contribution in [0, 0.1) is 0 Å². The van der Waals surface area contributed by atoms with Gasteiger partial charge in [-0.25, -0.2) is 0 Å². The molecule has 0 spiro atoms. The first kappa shape index (κ1) is 15.8. The van der Waals surface area contributed by atoms with Gasteiger partial charge in [0.2, 0.25) is 5.91 Å². The maximum absolute atomic E-state index is 10.8. The number of carbonyl (C=O) groups excluding carboxylic acids is 1. The zero-order valence-corrected chi connectivity index (χ0v) is 12.0. The first-order chi connectivity index (χ1) is 8.84. The Kier molecular flexibility index (Phi) is 5.60. The molecule has 5 heteroatoms. The van der Waals surface area contributed by atoms with Gasteiger partial charge in [0.15, 0.2) is 0 Å². The number of aliphatic hydroxyl groups is 1. The molecule has 1 rings (SSSR count). The number of benzene rings is 1. The maximum atomic E-state index is 10.8. The van der Waals surface area contributed by atoms with Crippen LogP contribution >= 0.6 is 11.8 Å². The minimum absolute atomic E-state index is 0.190. The first-order valence-corrected chi connectivity index (χ1v) is 6.97. The van der Waals surface area contributed by atoms with Crippen LogP contribution in [0.4, 0.5) is 0 Å². The summed E-state index contributed by atoms with van der Waals surface area (Å²) in [6.45, 7) is 3.47. The van der Waals surface area contributed by atoms with Crippen molar-refractivity contribution in [2.75, 3.05) is 5.88 Å². The normalized spacial score (nSPS) is 12.5. The summed E-state index contributed by atoms with van der Waals surface area (Å²) in [6.07, 6.45) is 1.97. The standard InChI is InChI=1S/C14H20N2O2S/c1-14(2,18)11-5-3-10(4-6-11)12(19-9-15)7-8-13(16)17/h3-7,18H,8-9,15H2,1-2H3,(H2,16,17)/b12-7-. The van der Waals surface area contributed by atoms with E-state index in [0.29, 0.717) is 5.88 Å². The van der Waals surface area contributed by atoms with E-state index in [1.165, 1.54) is 11.8 Å².